The second-order valence-electron chi connectivity index (χ2n) is 7.23. The normalized spacial score (nSPS) is 10.9. The van der Waals surface area contributed by atoms with E-state index in [0.717, 1.165) is 10.5 Å². The topological polar surface area (TPSA) is 108 Å². The summed E-state index contributed by atoms with van der Waals surface area (Å²) in [5, 5.41) is 5.93. The summed E-state index contributed by atoms with van der Waals surface area (Å²) < 4.78 is 14.0. The van der Waals surface area contributed by atoms with Crippen LogP contribution in [0.2, 0.25) is 0 Å². The molecule has 0 aliphatic rings. The number of anilines is 3. The average molecular weight is 472 g/mol. The molecule has 2 aromatic carbocycles. The van der Waals surface area contributed by atoms with E-state index in [1.165, 1.54) is 30.2 Å². The van der Waals surface area contributed by atoms with Crippen LogP contribution in [0.1, 0.15) is 10.4 Å². The molecule has 0 unspecified atom stereocenters. The predicted octanol–water partition coefficient (Wildman–Crippen LogP) is 5.27. The van der Waals surface area contributed by atoms with Gasteiger partial charge in [-0.2, -0.15) is 0 Å². The van der Waals surface area contributed by atoms with Gasteiger partial charge in [-0.15, -0.1) is 11.8 Å². The highest BCUT2D eigenvalue weighted by molar-refractivity contribution is 7.98. The number of thioether (sulfide) groups is 1. The molecule has 3 aromatic heterocycles. The van der Waals surface area contributed by atoms with Crippen LogP contribution in [-0.4, -0.2) is 37.1 Å². The maximum absolute atomic E-state index is 14.0. The van der Waals surface area contributed by atoms with E-state index in [9.17, 15) is 9.18 Å². The van der Waals surface area contributed by atoms with Crippen molar-refractivity contribution in [2.24, 2.45) is 0 Å². The lowest BCUT2D eigenvalue weighted by molar-refractivity contribution is 0.102. The summed E-state index contributed by atoms with van der Waals surface area (Å²) in [5.41, 5.74) is 3.80. The van der Waals surface area contributed by atoms with Crippen molar-refractivity contribution in [1.82, 2.24) is 24.9 Å². The number of hydrogen-bond donors (Lipinski definition) is 3. The number of pyridine rings is 1. The predicted molar refractivity (Wildman–Crippen MR) is 131 cm³/mol. The van der Waals surface area contributed by atoms with Crippen molar-refractivity contribution in [3.63, 3.8) is 0 Å². The minimum atomic E-state index is -0.497. The molecule has 3 N–H and O–H groups in total. The maximum Gasteiger partial charge on any atom is 0.255 e. The number of hydrogen-bond acceptors (Lipinski definition) is 7. The standard InChI is InChI=1S/C24H18FN7OS/c1-34-16-10-14(24(33)32-19-7-3-2-6-18(19)25)9-15(11-16)31-22-17(5-4-8-26-22)20-21-23(29-12-27-20)30-13-28-21/h2-13H,1H3,(H,26,31)(H,32,33)(H,27,28,29,30). The van der Waals surface area contributed by atoms with E-state index in [1.807, 2.05) is 24.5 Å². The molecule has 168 valence electrons. The number of aromatic nitrogens is 5. The van der Waals surface area contributed by atoms with Gasteiger partial charge in [0.15, 0.2) is 5.65 Å². The number of para-hydroxylation sites is 1. The summed E-state index contributed by atoms with van der Waals surface area (Å²) in [6.07, 6.45) is 6.60. The molecule has 3 heterocycles. The van der Waals surface area contributed by atoms with Gasteiger partial charge >= 0.3 is 0 Å². The lowest BCUT2D eigenvalue weighted by atomic mass is 10.1. The number of imidazole rings is 1. The van der Waals surface area contributed by atoms with Gasteiger partial charge in [0.2, 0.25) is 0 Å². The third-order valence-electron chi connectivity index (χ3n) is 5.08. The lowest BCUT2D eigenvalue weighted by Gasteiger charge is -2.13. The summed E-state index contributed by atoms with van der Waals surface area (Å²) in [7, 11) is 0. The van der Waals surface area contributed by atoms with Gasteiger partial charge in [0, 0.05) is 27.9 Å². The Morgan fingerprint density at radius 3 is 2.76 bits per heavy atom. The molecule has 0 aliphatic carbocycles. The van der Waals surface area contributed by atoms with E-state index in [2.05, 4.69) is 35.6 Å². The van der Waals surface area contributed by atoms with Gasteiger partial charge < -0.3 is 15.6 Å². The Kier molecular flexibility index (Phi) is 5.88. The van der Waals surface area contributed by atoms with Crippen LogP contribution < -0.4 is 10.6 Å². The molecule has 0 radical (unpaired) electrons. The Balaban J connectivity index is 1.50. The molecule has 0 bridgehead atoms. The highest BCUT2D eigenvalue weighted by Crippen LogP contribution is 2.32. The minimum Gasteiger partial charge on any atom is -0.341 e. The summed E-state index contributed by atoms with van der Waals surface area (Å²) in [6.45, 7) is 0. The van der Waals surface area contributed by atoms with Crippen LogP contribution in [0.4, 0.5) is 21.6 Å². The largest absolute Gasteiger partial charge is 0.341 e. The third-order valence-corrected chi connectivity index (χ3v) is 5.78. The van der Waals surface area contributed by atoms with Gasteiger partial charge in [0.05, 0.1) is 12.0 Å². The zero-order valence-electron chi connectivity index (χ0n) is 17.9. The minimum absolute atomic E-state index is 0.121. The van der Waals surface area contributed by atoms with Crippen molar-refractivity contribution >= 4 is 46.0 Å². The fourth-order valence-electron chi connectivity index (χ4n) is 3.48. The molecule has 5 aromatic rings. The fourth-order valence-corrected chi connectivity index (χ4v) is 3.97. The second-order valence-corrected chi connectivity index (χ2v) is 8.11. The molecule has 10 heteroatoms. The summed E-state index contributed by atoms with van der Waals surface area (Å²) in [4.78, 5) is 34.1. The zero-order chi connectivity index (χ0) is 23.5. The van der Waals surface area contributed by atoms with Crippen LogP contribution in [0.25, 0.3) is 22.4 Å². The number of carbonyl (C=O) groups excluding carboxylic acids is 1. The first-order valence-electron chi connectivity index (χ1n) is 10.2. The Morgan fingerprint density at radius 2 is 1.91 bits per heavy atom. The lowest BCUT2D eigenvalue weighted by Crippen LogP contribution is -2.13. The molecule has 34 heavy (non-hydrogen) atoms. The van der Waals surface area contributed by atoms with Crippen molar-refractivity contribution in [3.8, 4) is 11.3 Å². The molecule has 0 aliphatic heterocycles. The van der Waals surface area contributed by atoms with Crippen LogP contribution >= 0.6 is 11.8 Å². The average Bonchev–Trinajstić information content (AvgIpc) is 3.35. The Bertz CT molecular complexity index is 1500. The highest BCUT2D eigenvalue weighted by Gasteiger charge is 2.15. The molecule has 0 saturated carbocycles. The summed E-state index contributed by atoms with van der Waals surface area (Å²) in [6, 6.07) is 15.1. The number of benzene rings is 2. The van der Waals surface area contributed by atoms with Crippen LogP contribution in [0.15, 0.2) is 78.3 Å². The van der Waals surface area contributed by atoms with Crippen molar-refractivity contribution in [2.75, 3.05) is 16.9 Å². The highest BCUT2D eigenvalue weighted by atomic mass is 32.2. The van der Waals surface area contributed by atoms with E-state index in [4.69, 9.17) is 0 Å². The number of nitrogens with zero attached hydrogens (tertiary/aromatic N) is 4. The molecular formula is C24H18FN7OS. The van der Waals surface area contributed by atoms with Crippen molar-refractivity contribution in [2.45, 2.75) is 4.90 Å². The molecule has 0 atom stereocenters. The van der Waals surface area contributed by atoms with Crippen LogP contribution in [0.5, 0.6) is 0 Å². The van der Waals surface area contributed by atoms with E-state index in [-0.39, 0.29) is 5.69 Å². The van der Waals surface area contributed by atoms with E-state index in [0.29, 0.717) is 33.9 Å². The van der Waals surface area contributed by atoms with Crippen LogP contribution in [-0.2, 0) is 0 Å². The monoisotopic (exact) mass is 471 g/mol. The quantitative estimate of drug-likeness (QED) is 0.289. The number of halogens is 1. The molecule has 0 saturated heterocycles. The first-order valence-corrected chi connectivity index (χ1v) is 11.5. The Morgan fingerprint density at radius 1 is 1.03 bits per heavy atom. The van der Waals surface area contributed by atoms with Crippen LogP contribution in [0, 0.1) is 5.82 Å². The number of carbonyl (C=O) groups is 1. The smallest absolute Gasteiger partial charge is 0.255 e. The first kappa shape index (κ1) is 21.5. The van der Waals surface area contributed by atoms with Crippen molar-refractivity contribution in [3.05, 3.63) is 84.8 Å². The van der Waals surface area contributed by atoms with Crippen molar-refractivity contribution in [1.29, 1.82) is 0 Å². The maximum atomic E-state index is 14.0. The number of rotatable bonds is 6. The van der Waals surface area contributed by atoms with E-state index >= 15 is 0 Å². The van der Waals surface area contributed by atoms with E-state index < -0.39 is 11.7 Å². The fraction of sp³-hybridized carbons (Fsp3) is 0.0417. The number of nitrogens with one attached hydrogen (secondary N) is 3. The van der Waals surface area contributed by atoms with Gasteiger partial charge in [-0.25, -0.2) is 24.3 Å². The van der Waals surface area contributed by atoms with Gasteiger partial charge in [0.25, 0.3) is 5.91 Å². The number of aromatic amines is 1. The zero-order valence-corrected chi connectivity index (χ0v) is 18.7. The molecule has 8 nitrogen and oxygen atoms in total. The SMILES string of the molecule is CSc1cc(Nc2ncccc2-c2ncnc3nc[nH]c23)cc(C(=O)Nc2ccccc2F)c1. The van der Waals surface area contributed by atoms with Gasteiger partial charge in [-0.1, -0.05) is 12.1 Å². The molecule has 1 amide bonds. The van der Waals surface area contributed by atoms with Crippen LogP contribution in [0.3, 0.4) is 0 Å². The van der Waals surface area contributed by atoms with E-state index in [1.54, 1.807) is 36.8 Å². The number of fused-ring (bicyclic) bond motifs is 1. The molecule has 0 spiro atoms. The van der Waals surface area contributed by atoms with Crippen molar-refractivity contribution < 1.29 is 9.18 Å². The Labute approximate surface area is 198 Å². The molecule has 5 rings (SSSR count). The second kappa shape index (κ2) is 9.28. The van der Waals surface area contributed by atoms with Gasteiger partial charge in [0.1, 0.15) is 29.2 Å². The van der Waals surface area contributed by atoms with Gasteiger partial charge in [-0.3, -0.25) is 4.79 Å². The third kappa shape index (κ3) is 4.30. The summed E-state index contributed by atoms with van der Waals surface area (Å²) in [5.74, 6) is -0.362. The summed E-state index contributed by atoms with van der Waals surface area (Å²) >= 11 is 1.49. The molecule has 0 fully saturated rings. The number of amides is 1. The van der Waals surface area contributed by atoms with Gasteiger partial charge in [-0.05, 0) is 48.7 Å². The molecular weight excluding hydrogens is 453 g/mol. The number of H-pyrrole nitrogens is 1. The first-order chi connectivity index (χ1) is 16.6. The Hall–Kier alpha value is -4.31.